The lowest BCUT2D eigenvalue weighted by Gasteiger charge is -2.34. The van der Waals surface area contributed by atoms with Crippen molar-refractivity contribution in [3.8, 4) is 0 Å². The first kappa shape index (κ1) is 18.8. The molecule has 0 aromatic heterocycles. The Morgan fingerprint density at radius 1 is 1.19 bits per heavy atom. The van der Waals surface area contributed by atoms with Gasteiger partial charge in [-0.2, -0.15) is 0 Å². The Morgan fingerprint density at radius 2 is 1.86 bits per heavy atom. The van der Waals surface area contributed by atoms with Crippen LogP contribution in [0.15, 0.2) is 0 Å². The van der Waals surface area contributed by atoms with Crippen LogP contribution in [0.4, 0.5) is 0 Å². The highest BCUT2D eigenvalue weighted by molar-refractivity contribution is 4.76. The second kappa shape index (κ2) is 10.5. The third kappa shape index (κ3) is 8.12. The molecular weight excluding hydrogens is 268 g/mol. The highest BCUT2D eigenvalue weighted by Gasteiger charge is 2.21. The second-order valence-electron chi connectivity index (χ2n) is 6.49. The monoisotopic (exact) mass is 302 g/mol. The molecule has 1 saturated heterocycles. The molecule has 1 aliphatic heterocycles. The Bertz CT molecular complexity index is 258. The summed E-state index contributed by atoms with van der Waals surface area (Å²) in [4.78, 5) is 2.38. The van der Waals surface area contributed by atoms with Gasteiger partial charge in [0.15, 0.2) is 0 Å². The van der Waals surface area contributed by atoms with Crippen LogP contribution in [0.25, 0.3) is 0 Å². The molecule has 2 unspecified atom stereocenters. The molecule has 0 aliphatic carbocycles. The highest BCUT2D eigenvalue weighted by atomic mass is 16.5. The fourth-order valence-electron chi connectivity index (χ4n) is 2.77. The smallest absolute Gasteiger partial charge is 0.0900 e. The van der Waals surface area contributed by atoms with E-state index in [1.807, 2.05) is 6.92 Å². The van der Waals surface area contributed by atoms with Gasteiger partial charge in [0.05, 0.1) is 25.4 Å². The molecule has 126 valence electrons. The minimum absolute atomic E-state index is 0.0292. The topological polar surface area (TPSA) is 54.0 Å². The van der Waals surface area contributed by atoms with Crippen LogP contribution in [0.3, 0.4) is 0 Å². The second-order valence-corrected chi connectivity index (χ2v) is 6.49. The van der Waals surface area contributed by atoms with Crippen molar-refractivity contribution in [3.63, 3.8) is 0 Å². The number of aliphatic hydroxyl groups is 1. The number of methoxy groups -OCH3 is 1. The van der Waals surface area contributed by atoms with Gasteiger partial charge in [0.1, 0.15) is 0 Å². The minimum Gasteiger partial charge on any atom is -0.389 e. The fourth-order valence-corrected chi connectivity index (χ4v) is 2.77. The first-order valence-electron chi connectivity index (χ1n) is 8.26. The average Bonchev–Trinajstić information content (AvgIpc) is 2.46. The minimum atomic E-state index is -0.437. The number of nitrogens with zero attached hydrogens (tertiary/aromatic N) is 1. The number of ether oxygens (including phenoxy) is 2. The standard InChI is InChI=1S/C16H34N2O3/c1-13(2)18(9-15-5-7-17-8-6-15)10-16(19)12-21-14(3)11-20-4/h13-17,19H,5-12H2,1-4H3. The summed E-state index contributed by atoms with van der Waals surface area (Å²) in [5.41, 5.74) is 0. The SMILES string of the molecule is COCC(C)OCC(O)CN(CC1CCNCC1)C(C)C. The fraction of sp³-hybridized carbons (Fsp3) is 1.00. The zero-order valence-corrected chi connectivity index (χ0v) is 14.2. The molecule has 2 atom stereocenters. The van der Waals surface area contributed by atoms with E-state index < -0.39 is 6.10 Å². The zero-order chi connectivity index (χ0) is 15.7. The van der Waals surface area contributed by atoms with Gasteiger partial charge in [-0.25, -0.2) is 0 Å². The van der Waals surface area contributed by atoms with E-state index in [1.165, 1.54) is 12.8 Å². The lowest BCUT2D eigenvalue weighted by molar-refractivity contribution is -0.0433. The first-order valence-corrected chi connectivity index (χ1v) is 8.26. The maximum atomic E-state index is 10.2. The largest absolute Gasteiger partial charge is 0.389 e. The summed E-state index contributed by atoms with van der Waals surface area (Å²) in [6.45, 7) is 11.3. The zero-order valence-electron chi connectivity index (χ0n) is 14.2. The summed E-state index contributed by atoms with van der Waals surface area (Å²) in [5.74, 6) is 0.745. The summed E-state index contributed by atoms with van der Waals surface area (Å²) in [7, 11) is 1.66. The molecule has 0 aromatic rings. The molecule has 21 heavy (non-hydrogen) atoms. The van der Waals surface area contributed by atoms with Gasteiger partial charge < -0.3 is 19.9 Å². The predicted molar refractivity (Wildman–Crippen MR) is 85.6 cm³/mol. The molecule has 0 spiro atoms. The summed E-state index contributed by atoms with van der Waals surface area (Å²) < 4.78 is 10.6. The molecule has 5 nitrogen and oxygen atoms in total. The Morgan fingerprint density at radius 3 is 2.43 bits per heavy atom. The van der Waals surface area contributed by atoms with Crippen LogP contribution in [-0.4, -0.2) is 74.8 Å². The molecule has 2 N–H and O–H groups in total. The average molecular weight is 302 g/mol. The number of hydrogen-bond donors (Lipinski definition) is 2. The van der Waals surface area contributed by atoms with Gasteiger partial charge in [-0.1, -0.05) is 0 Å². The van der Waals surface area contributed by atoms with Gasteiger partial charge in [-0.15, -0.1) is 0 Å². The van der Waals surface area contributed by atoms with Crippen LogP contribution in [0.1, 0.15) is 33.6 Å². The Kier molecular flexibility index (Phi) is 9.44. The number of piperidine rings is 1. The van der Waals surface area contributed by atoms with Gasteiger partial charge in [-0.3, -0.25) is 4.90 Å². The van der Waals surface area contributed by atoms with Crippen molar-refractivity contribution < 1.29 is 14.6 Å². The Balaban J connectivity index is 2.31. The van der Waals surface area contributed by atoms with Crippen molar-refractivity contribution in [2.75, 3.05) is 46.5 Å². The summed E-state index contributed by atoms with van der Waals surface area (Å²) in [6.07, 6.45) is 2.07. The lowest BCUT2D eigenvalue weighted by Crippen LogP contribution is -2.44. The third-order valence-electron chi connectivity index (χ3n) is 4.10. The molecule has 5 heteroatoms. The molecule has 1 aliphatic rings. The normalized spacial score (nSPS) is 20.1. The number of nitrogens with one attached hydrogen (secondary N) is 1. The maximum absolute atomic E-state index is 10.2. The van der Waals surface area contributed by atoms with E-state index in [-0.39, 0.29) is 6.10 Å². The van der Waals surface area contributed by atoms with E-state index >= 15 is 0 Å². The summed E-state index contributed by atoms with van der Waals surface area (Å²) >= 11 is 0. The van der Waals surface area contributed by atoms with E-state index in [0.29, 0.717) is 25.8 Å². The van der Waals surface area contributed by atoms with E-state index in [0.717, 1.165) is 25.6 Å². The van der Waals surface area contributed by atoms with E-state index in [2.05, 4.69) is 24.1 Å². The van der Waals surface area contributed by atoms with Gasteiger partial charge in [0, 0.05) is 26.2 Å². The van der Waals surface area contributed by atoms with Crippen LogP contribution >= 0.6 is 0 Å². The van der Waals surface area contributed by atoms with Crippen LogP contribution in [0.2, 0.25) is 0 Å². The Hall–Kier alpha value is -0.200. The molecule has 0 saturated carbocycles. The predicted octanol–water partition coefficient (Wildman–Crippen LogP) is 1.11. The van der Waals surface area contributed by atoms with Gasteiger partial charge >= 0.3 is 0 Å². The van der Waals surface area contributed by atoms with E-state index in [4.69, 9.17) is 9.47 Å². The number of hydrogen-bond acceptors (Lipinski definition) is 5. The molecule has 1 rings (SSSR count). The van der Waals surface area contributed by atoms with Crippen molar-refractivity contribution in [1.82, 2.24) is 10.2 Å². The molecule has 0 radical (unpaired) electrons. The Labute approximate surface area is 130 Å². The molecular formula is C16H34N2O3. The molecule has 1 fully saturated rings. The van der Waals surface area contributed by atoms with Crippen molar-refractivity contribution in [3.05, 3.63) is 0 Å². The van der Waals surface area contributed by atoms with Crippen molar-refractivity contribution >= 4 is 0 Å². The third-order valence-corrected chi connectivity index (χ3v) is 4.10. The van der Waals surface area contributed by atoms with E-state index in [1.54, 1.807) is 7.11 Å². The first-order chi connectivity index (χ1) is 10.0. The van der Waals surface area contributed by atoms with Crippen LogP contribution < -0.4 is 5.32 Å². The number of rotatable bonds is 10. The van der Waals surface area contributed by atoms with Crippen LogP contribution in [0, 0.1) is 5.92 Å². The quantitative estimate of drug-likeness (QED) is 0.633. The lowest BCUT2D eigenvalue weighted by atomic mass is 9.97. The van der Waals surface area contributed by atoms with Gasteiger partial charge in [-0.05, 0) is 52.6 Å². The molecule has 0 amide bonds. The van der Waals surface area contributed by atoms with Gasteiger partial charge in [0.2, 0.25) is 0 Å². The highest BCUT2D eigenvalue weighted by Crippen LogP contribution is 2.15. The molecule has 1 heterocycles. The number of aliphatic hydroxyl groups excluding tert-OH is 1. The van der Waals surface area contributed by atoms with Crippen LogP contribution in [0.5, 0.6) is 0 Å². The van der Waals surface area contributed by atoms with Crippen LogP contribution in [-0.2, 0) is 9.47 Å². The summed E-state index contributed by atoms with van der Waals surface area (Å²) in [5, 5.41) is 13.6. The maximum Gasteiger partial charge on any atom is 0.0900 e. The van der Waals surface area contributed by atoms with E-state index in [9.17, 15) is 5.11 Å². The van der Waals surface area contributed by atoms with Crippen molar-refractivity contribution in [1.29, 1.82) is 0 Å². The van der Waals surface area contributed by atoms with Crippen molar-refractivity contribution in [2.24, 2.45) is 5.92 Å². The summed E-state index contributed by atoms with van der Waals surface area (Å²) in [6, 6.07) is 0.450. The molecule has 0 bridgehead atoms. The van der Waals surface area contributed by atoms with Crippen molar-refractivity contribution in [2.45, 2.75) is 51.9 Å². The van der Waals surface area contributed by atoms with Gasteiger partial charge in [0.25, 0.3) is 0 Å². The molecule has 0 aromatic carbocycles.